The third kappa shape index (κ3) is 3.68. The van der Waals surface area contributed by atoms with E-state index >= 15 is 0 Å². The number of ether oxygens (including phenoxy) is 1. The smallest absolute Gasteiger partial charge is 0.409 e. The van der Waals surface area contributed by atoms with Crippen molar-refractivity contribution in [3.8, 4) is 0 Å². The fourth-order valence-corrected chi connectivity index (χ4v) is 1.80. The van der Waals surface area contributed by atoms with Gasteiger partial charge in [-0.2, -0.15) is 0 Å². The average molecular weight is 273 g/mol. The molecule has 2 rings (SSSR count). The van der Waals surface area contributed by atoms with E-state index in [-0.39, 0.29) is 5.54 Å². The predicted octanol–water partition coefficient (Wildman–Crippen LogP) is 2.72. The van der Waals surface area contributed by atoms with Gasteiger partial charge in [-0.15, -0.1) is 0 Å². The van der Waals surface area contributed by atoms with Crippen molar-refractivity contribution in [3.63, 3.8) is 0 Å². The molecule has 2 aromatic rings. The number of hydrogen-bond donors (Lipinski definition) is 2. The maximum atomic E-state index is 11.7. The molecule has 5 heteroatoms. The van der Waals surface area contributed by atoms with E-state index in [1.165, 1.54) is 0 Å². The van der Waals surface area contributed by atoms with Crippen LogP contribution in [-0.2, 0) is 4.74 Å². The van der Waals surface area contributed by atoms with E-state index in [0.717, 1.165) is 16.3 Å². The maximum Gasteiger partial charge on any atom is 0.409 e. The normalized spacial score (nSPS) is 13.0. The first-order valence-corrected chi connectivity index (χ1v) is 6.43. The van der Waals surface area contributed by atoms with E-state index in [2.05, 4.69) is 10.3 Å². The number of amides is 1. The Balaban J connectivity index is 2.11. The van der Waals surface area contributed by atoms with Crippen LogP contribution in [0.2, 0.25) is 0 Å². The highest BCUT2D eigenvalue weighted by Gasteiger charge is 2.18. The molecule has 1 unspecified atom stereocenters. The minimum Gasteiger partial charge on any atom is -0.426 e. The lowest BCUT2D eigenvalue weighted by Crippen LogP contribution is -2.42. The summed E-state index contributed by atoms with van der Waals surface area (Å²) in [6.45, 7) is 5.63. The zero-order chi connectivity index (χ0) is 14.8. The van der Waals surface area contributed by atoms with E-state index in [4.69, 9.17) is 10.5 Å². The van der Waals surface area contributed by atoms with Crippen LogP contribution in [0.4, 0.5) is 4.79 Å². The van der Waals surface area contributed by atoms with Crippen molar-refractivity contribution in [2.75, 3.05) is 0 Å². The molecule has 0 aliphatic carbocycles. The summed E-state index contributed by atoms with van der Waals surface area (Å²) in [6.07, 6.45) is 2.16. The molecule has 0 radical (unpaired) electrons. The van der Waals surface area contributed by atoms with Gasteiger partial charge in [-0.25, -0.2) is 4.79 Å². The van der Waals surface area contributed by atoms with Crippen molar-refractivity contribution in [1.82, 2.24) is 10.3 Å². The Bertz CT molecular complexity index is 620. The minimum atomic E-state index is -0.796. The molecule has 5 nitrogen and oxygen atoms in total. The van der Waals surface area contributed by atoms with Crippen LogP contribution in [0.5, 0.6) is 0 Å². The SMILES string of the molecule is CC(C)(C)NC(=O)OC(N)c1ccc2cnccc2c1. The van der Waals surface area contributed by atoms with Crippen molar-refractivity contribution in [1.29, 1.82) is 0 Å². The number of rotatable bonds is 2. The molecular weight excluding hydrogens is 254 g/mol. The molecule has 3 N–H and O–H groups in total. The van der Waals surface area contributed by atoms with Crippen LogP contribution in [0.1, 0.15) is 32.6 Å². The molecule has 1 aromatic carbocycles. The Morgan fingerprint density at radius 2 is 2.05 bits per heavy atom. The van der Waals surface area contributed by atoms with Crippen LogP contribution < -0.4 is 11.1 Å². The Morgan fingerprint density at radius 1 is 1.30 bits per heavy atom. The van der Waals surface area contributed by atoms with Gasteiger partial charge in [0.25, 0.3) is 0 Å². The molecule has 0 fully saturated rings. The molecule has 0 bridgehead atoms. The molecule has 1 heterocycles. The third-order valence-corrected chi connectivity index (χ3v) is 2.70. The molecule has 1 aromatic heterocycles. The largest absolute Gasteiger partial charge is 0.426 e. The lowest BCUT2D eigenvalue weighted by molar-refractivity contribution is 0.0943. The van der Waals surface area contributed by atoms with Crippen LogP contribution in [-0.4, -0.2) is 16.6 Å². The highest BCUT2D eigenvalue weighted by molar-refractivity contribution is 5.82. The summed E-state index contributed by atoms with van der Waals surface area (Å²) in [4.78, 5) is 15.7. The minimum absolute atomic E-state index is 0.355. The highest BCUT2D eigenvalue weighted by atomic mass is 16.6. The number of pyridine rings is 1. The standard InChI is InChI=1S/C15H19N3O2/c1-15(2,3)18-14(19)20-13(16)11-4-5-12-9-17-7-6-10(12)8-11/h4-9,13H,16H2,1-3H3,(H,18,19). The van der Waals surface area contributed by atoms with Gasteiger partial charge in [0.2, 0.25) is 0 Å². The molecule has 0 spiro atoms. The summed E-state index contributed by atoms with van der Waals surface area (Å²) in [5, 5.41) is 4.73. The van der Waals surface area contributed by atoms with Crippen molar-refractivity contribution in [2.45, 2.75) is 32.5 Å². The summed E-state index contributed by atoms with van der Waals surface area (Å²) >= 11 is 0. The number of nitrogens with zero attached hydrogens (tertiary/aromatic N) is 1. The number of hydrogen-bond acceptors (Lipinski definition) is 4. The zero-order valence-corrected chi connectivity index (χ0v) is 11.9. The number of nitrogens with one attached hydrogen (secondary N) is 1. The van der Waals surface area contributed by atoms with E-state index in [0.29, 0.717) is 0 Å². The first kappa shape index (κ1) is 14.3. The number of fused-ring (bicyclic) bond motifs is 1. The van der Waals surface area contributed by atoms with Crippen LogP contribution in [0.25, 0.3) is 10.8 Å². The number of carbonyl (C=O) groups is 1. The van der Waals surface area contributed by atoms with E-state index < -0.39 is 12.3 Å². The van der Waals surface area contributed by atoms with Crippen molar-refractivity contribution in [2.24, 2.45) is 5.73 Å². The van der Waals surface area contributed by atoms with Gasteiger partial charge < -0.3 is 10.1 Å². The van der Waals surface area contributed by atoms with Gasteiger partial charge in [0.1, 0.15) is 0 Å². The van der Waals surface area contributed by atoms with Crippen molar-refractivity contribution in [3.05, 3.63) is 42.2 Å². The Morgan fingerprint density at radius 3 is 2.75 bits per heavy atom. The number of nitrogens with two attached hydrogens (primary N) is 1. The van der Waals surface area contributed by atoms with Gasteiger partial charge >= 0.3 is 6.09 Å². The second kappa shape index (κ2) is 5.46. The van der Waals surface area contributed by atoms with E-state index in [1.807, 2.05) is 45.0 Å². The first-order chi connectivity index (χ1) is 9.35. The summed E-state index contributed by atoms with van der Waals surface area (Å²) in [5.74, 6) is 0. The highest BCUT2D eigenvalue weighted by Crippen LogP contribution is 2.19. The molecular formula is C15H19N3O2. The van der Waals surface area contributed by atoms with Crippen LogP contribution in [0, 0.1) is 0 Å². The fraction of sp³-hybridized carbons (Fsp3) is 0.333. The van der Waals surface area contributed by atoms with Gasteiger partial charge in [0.15, 0.2) is 6.23 Å². The molecule has 0 aliphatic heterocycles. The average Bonchev–Trinajstić information content (AvgIpc) is 2.35. The van der Waals surface area contributed by atoms with Gasteiger partial charge in [0, 0.05) is 28.9 Å². The van der Waals surface area contributed by atoms with Crippen LogP contribution in [0.15, 0.2) is 36.7 Å². The summed E-state index contributed by atoms with van der Waals surface area (Å²) in [7, 11) is 0. The van der Waals surface area contributed by atoms with E-state index in [1.54, 1.807) is 12.4 Å². The second-order valence-corrected chi connectivity index (χ2v) is 5.68. The number of benzene rings is 1. The second-order valence-electron chi connectivity index (χ2n) is 5.68. The molecule has 106 valence electrons. The fourth-order valence-electron chi connectivity index (χ4n) is 1.80. The molecule has 1 atom stereocenters. The predicted molar refractivity (Wildman–Crippen MR) is 78.0 cm³/mol. The summed E-state index contributed by atoms with van der Waals surface area (Å²) in [6, 6.07) is 7.52. The summed E-state index contributed by atoms with van der Waals surface area (Å²) < 4.78 is 5.17. The number of alkyl carbamates (subject to hydrolysis) is 1. The third-order valence-electron chi connectivity index (χ3n) is 2.70. The topological polar surface area (TPSA) is 77.2 Å². The number of aromatic nitrogens is 1. The van der Waals surface area contributed by atoms with Crippen LogP contribution >= 0.6 is 0 Å². The Labute approximate surface area is 118 Å². The lowest BCUT2D eigenvalue weighted by atomic mass is 10.1. The number of carbonyl (C=O) groups excluding carboxylic acids is 1. The first-order valence-electron chi connectivity index (χ1n) is 6.43. The van der Waals surface area contributed by atoms with Crippen molar-refractivity contribution >= 4 is 16.9 Å². The molecule has 0 aliphatic rings. The quantitative estimate of drug-likeness (QED) is 0.825. The monoisotopic (exact) mass is 273 g/mol. The Kier molecular flexibility index (Phi) is 3.90. The zero-order valence-electron chi connectivity index (χ0n) is 11.9. The van der Waals surface area contributed by atoms with Gasteiger partial charge in [0.05, 0.1) is 0 Å². The maximum absolute atomic E-state index is 11.7. The Hall–Kier alpha value is -2.14. The molecule has 0 saturated heterocycles. The molecule has 1 amide bonds. The van der Waals surface area contributed by atoms with Crippen LogP contribution in [0.3, 0.4) is 0 Å². The molecule has 20 heavy (non-hydrogen) atoms. The lowest BCUT2D eigenvalue weighted by Gasteiger charge is -2.22. The van der Waals surface area contributed by atoms with Crippen molar-refractivity contribution < 1.29 is 9.53 Å². The summed E-state index contributed by atoms with van der Waals surface area (Å²) in [5.41, 5.74) is 6.30. The van der Waals surface area contributed by atoms with Gasteiger partial charge in [-0.1, -0.05) is 12.1 Å². The van der Waals surface area contributed by atoms with Gasteiger partial charge in [-0.3, -0.25) is 10.7 Å². The molecule has 0 saturated carbocycles. The van der Waals surface area contributed by atoms with Gasteiger partial charge in [-0.05, 0) is 38.3 Å². The van der Waals surface area contributed by atoms with E-state index in [9.17, 15) is 4.79 Å².